The van der Waals surface area contributed by atoms with E-state index in [1.54, 1.807) is 0 Å². The average molecular weight is 1070 g/mol. The lowest BCUT2D eigenvalue weighted by Crippen LogP contribution is -2.21. The van der Waals surface area contributed by atoms with Gasteiger partial charge in [-0.15, -0.1) is 0 Å². The van der Waals surface area contributed by atoms with Crippen LogP contribution in [-0.4, -0.2) is 5.97 Å². The molecule has 0 fully saturated rings. The van der Waals surface area contributed by atoms with E-state index in [4.69, 9.17) is 26.5 Å². The van der Waals surface area contributed by atoms with Gasteiger partial charge >= 0.3 is 22.8 Å². The van der Waals surface area contributed by atoms with E-state index in [2.05, 4.69) is 215 Å². The van der Waals surface area contributed by atoms with Gasteiger partial charge in [0.1, 0.15) is 34.0 Å². The fourth-order valence-corrected chi connectivity index (χ4v) is 11.9. The minimum Gasteiger partial charge on any atom is -0.408 e. The second kappa shape index (κ2) is 19.0. The Morgan fingerprint density at radius 3 is 1.11 bits per heavy atom. The topological polar surface area (TPSA) is 80.3 Å². The molecule has 1 aliphatic rings. The Morgan fingerprint density at radius 2 is 0.724 bits per heavy atom. The molecule has 0 N–H and O–H groups in total. The van der Waals surface area contributed by atoms with Crippen LogP contribution in [0, 0.1) is 0 Å². The SMILES string of the molecule is CC(C)(C)c1cc(-c2cc(C(C)(C)C)cc(C(C)(C)C)c2Op2oc3c(C(C)(C)C)cc(C(C)(C)C)cc3c3cc(C(C)(C)C)cc(C(C)(C)C)c3o2)c(OP2OC(=O)c3cc4ccccc4cc3O2)c(C(C)(C)C)c1. The first-order valence-electron chi connectivity index (χ1n) is 27.1. The summed E-state index contributed by atoms with van der Waals surface area (Å²) in [5.74, 6) is 1.13. The number of carbonyl (C=O) groups excluding carboxylic acids is 1. The highest BCUT2D eigenvalue weighted by molar-refractivity contribution is 7.43. The van der Waals surface area contributed by atoms with E-state index in [0.717, 1.165) is 77.2 Å². The predicted molar refractivity (Wildman–Crippen MR) is 321 cm³/mol. The molecular weight excluding hydrogens is 979 g/mol. The summed E-state index contributed by atoms with van der Waals surface area (Å²) in [4.78, 5) is 14.0. The highest BCUT2D eigenvalue weighted by Gasteiger charge is 2.39. The molecule has 7 aromatic rings. The van der Waals surface area contributed by atoms with E-state index in [-0.39, 0.29) is 32.5 Å². The fourth-order valence-electron chi connectivity index (χ4n) is 9.73. The van der Waals surface area contributed by atoms with Gasteiger partial charge in [-0.3, -0.25) is 0 Å². The monoisotopic (exact) mass is 1060 g/mol. The van der Waals surface area contributed by atoms with Gasteiger partial charge in [-0.05, 0) is 113 Å². The summed E-state index contributed by atoms with van der Waals surface area (Å²) < 4.78 is 42.7. The van der Waals surface area contributed by atoms with Crippen molar-refractivity contribution in [3.63, 3.8) is 0 Å². The average Bonchev–Trinajstić information content (AvgIpc) is 3.41. The van der Waals surface area contributed by atoms with E-state index in [0.29, 0.717) is 22.8 Å². The van der Waals surface area contributed by atoms with Crippen molar-refractivity contribution in [2.75, 3.05) is 0 Å². The van der Waals surface area contributed by atoms with Crippen molar-refractivity contribution in [1.82, 2.24) is 0 Å². The lowest BCUT2D eigenvalue weighted by atomic mass is 9.75. The smallest absolute Gasteiger partial charge is 0.408 e. The van der Waals surface area contributed by atoms with Crippen molar-refractivity contribution in [3.8, 4) is 28.4 Å². The number of hydrogen-bond acceptors (Lipinski definition) is 7. The van der Waals surface area contributed by atoms with Gasteiger partial charge in [-0.25, -0.2) is 4.79 Å². The van der Waals surface area contributed by atoms with Crippen LogP contribution in [0.1, 0.15) is 221 Å². The summed E-state index contributed by atoms with van der Waals surface area (Å²) in [5.41, 5.74) is 9.89. The number of carbonyl (C=O) groups is 1. The van der Waals surface area contributed by atoms with E-state index < -0.39 is 33.6 Å². The van der Waals surface area contributed by atoms with Gasteiger partial charge in [0, 0.05) is 44.2 Å². The maximum absolute atomic E-state index is 14.0. The molecule has 0 radical (unpaired) electrons. The first-order valence-corrected chi connectivity index (χ1v) is 29.3. The molecule has 1 unspecified atom stereocenters. The third-order valence-corrected chi connectivity index (χ3v) is 16.7. The standard InChI is InChI=1S/C67H86O7P2/c1-60(2,3)41-31-45(55(50(35-41)64(13,14)15)70-75-69-54-30-40-28-26-25-27-39(40)29-49(54)59(68)74-75)46-32-42(61(4,5)6)36-51(65(16,17)18)56(46)71-76-72-57-47(33-43(62(7,8)9)37-52(57)66(19,20)21)48-34-44(63(10,11)12)38-53(58(48)73-76)67(22,23)24/h25-38H,1-24H3. The van der Waals surface area contributed by atoms with Crippen LogP contribution in [0.4, 0.5) is 0 Å². The highest BCUT2D eigenvalue weighted by atomic mass is 31.2. The fraction of sp³-hybridized carbons (Fsp3) is 0.478. The van der Waals surface area contributed by atoms with Crippen molar-refractivity contribution in [1.29, 1.82) is 0 Å². The Morgan fingerprint density at radius 1 is 0.368 bits per heavy atom. The molecule has 0 saturated heterocycles. The second-order valence-electron chi connectivity index (χ2n) is 29.6. The molecule has 0 saturated carbocycles. The molecule has 2 heterocycles. The Balaban J connectivity index is 1.52. The molecule has 7 nitrogen and oxygen atoms in total. The van der Waals surface area contributed by atoms with Gasteiger partial charge in [0.05, 0.1) is 0 Å². The van der Waals surface area contributed by atoms with Crippen molar-refractivity contribution in [2.24, 2.45) is 0 Å². The molecule has 1 aliphatic heterocycles. The Labute approximate surface area is 457 Å². The van der Waals surface area contributed by atoms with E-state index in [1.165, 1.54) is 11.1 Å². The Kier molecular flexibility index (Phi) is 14.2. The molecule has 0 spiro atoms. The van der Waals surface area contributed by atoms with E-state index >= 15 is 0 Å². The van der Waals surface area contributed by atoms with E-state index in [9.17, 15) is 4.79 Å². The maximum Gasteiger partial charge on any atom is 0.532 e. The summed E-state index contributed by atoms with van der Waals surface area (Å²) in [6.07, 6.45) is 0. The number of rotatable bonds is 5. The van der Waals surface area contributed by atoms with Crippen LogP contribution in [0.15, 0.2) is 93.3 Å². The predicted octanol–water partition coefficient (Wildman–Crippen LogP) is 21.2. The third kappa shape index (κ3) is 11.5. The molecule has 0 amide bonds. The van der Waals surface area contributed by atoms with Gasteiger partial charge < -0.3 is 26.5 Å². The van der Waals surface area contributed by atoms with Crippen LogP contribution in [0.5, 0.6) is 17.2 Å². The molecule has 6 aromatic carbocycles. The first kappa shape index (κ1) is 57.0. The molecule has 406 valence electrons. The van der Waals surface area contributed by atoms with Crippen molar-refractivity contribution in [3.05, 3.63) is 135 Å². The zero-order valence-corrected chi connectivity index (χ0v) is 52.1. The molecule has 9 heteroatoms. The van der Waals surface area contributed by atoms with Crippen LogP contribution in [0.2, 0.25) is 0 Å². The molecule has 1 atom stereocenters. The number of hydrogen-bond donors (Lipinski definition) is 0. The summed E-state index contributed by atoms with van der Waals surface area (Å²) in [7, 11) is -4.50. The zero-order valence-electron chi connectivity index (χ0n) is 50.3. The Hall–Kier alpha value is -5.22. The van der Waals surface area contributed by atoms with Gasteiger partial charge in [-0.1, -0.05) is 215 Å². The molecule has 8 rings (SSSR count). The summed E-state index contributed by atoms with van der Waals surface area (Å²) in [5, 5.41) is 3.88. The molecule has 1 aromatic heterocycles. The van der Waals surface area contributed by atoms with Crippen molar-refractivity contribution >= 4 is 55.5 Å². The molecule has 0 bridgehead atoms. The van der Waals surface area contributed by atoms with Crippen LogP contribution in [-0.2, 0) is 47.8 Å². The van der Waals surface area contributed by atoms with Gasteiger partial charge in [-0.2, -0.15) is 0 Å². The summed E-state index contributed by atoms with van der Waals surface area (Å²) in [6.45, 7) is 53.9. The van der Waals surface area contributed by atoms with Crippen LogP contribution < -0.4 is 13.6 Å². The number of benzene rings is 6. The normalized spacial score (nSPS) is 15.2. The summed E-state index contributed by atoms with van der Waals surface area (Å²) in [6, 6.07) is 30.0. The van der Waals surface area contributed by atoms with Gasteiger partial charge in [0.2, 0.25) is 0 Å². The molecule has 0 aliphatic carbocycles. The lowest BCUT2D eigenvalue weighted by molar-refractivity contribution is 0.0697. The largest absolute Gasteiger partial charge is 0.532 e. The Bertz CT molecular complexity index is 3370. The molecular formula is C67H86O7P2. The van der Waals surface area contributed by atoms with Crippen LogP contribution in [0.25, 0.3) is 43.8 Å². The molecule has 76 heavy (non-hydrogen) atoms. The van der Waals surface area contributed by atoms with Crippen LogP contribution in [0.3, 0.4) is 0 Å². The summed E-state index contributed by atoms with van der Waals surface area (Å²) >= 11 is 0. The van der Waals surface area contributed by atoms with Crippen molar-refractivity contribution in [2.45, 2.75) is 209 Å². The quantitative estimate of drug-likeness (QED) is 0.159. The van der Waals surface area contributed by atoms with Gasteiger partial charge in [0.15, 0.2) is 0 Å². The maximum atomic E-state index is 14.0. The second-order valence-corrected chi connectivity index (χ2v) is 31.6. The first-order chi connectivity index (χ1) is 34.6. The highest BCUT2D eigenvalue weighted by Crippen LogP contribution is 2.57. The van der Waals surface area contributed by atoms with Crippen molar-refractivity contribution < 1.29 is 31.3 Å². The number of fused-ring (bicyclic) bond motifs is 5. The third-order valence-electron chi connectivity index (χ3n) is 14.7. The minimum absolute atomic E-state index is 0.156. The van der Waals surface area contributed by atoms with Crippen LogP contribution >= 0.6 is 16.8 Å². The van der Waals surface area contributed by atoms with Gasteiger partial charge in [0.25, 0.3) is 0 Å². The lowest BCUT2D eigenvalue weighted by Gasteiger charge is -2.33. The zero-order chi connectivity index (χ0) is 56.4. The minimum atomic E-state index is -2.27. The van der Waals surface area contributed by atoms with E-state index in [1.807, 2.05) is 36.4 Å².